The maximum Gasteiger partial charge on any atom is 0.374 e. The Balaban J connectivity index is 1.63. The normalized spacial score (nSPS) is 10.5. The summed E-state index contributed by atoms with van der Waals surface area (Å²) in [5, 5.41) is 23.3. The molecule has 32 heavy (non-hydrogen) atoms. The minimum Gasteiger partial charge on any atom is -0.431 e. The molecular formula is C20H15N7O5. The van der Waals surface area contributed by atoms with Gasteiger partial charge in [-0.25, -0.2) is 9.97 Å². The van der Waals surface area contributed by atoms with Crippen molar-refractivity contribution in [1.82, 2.24) is 15.0 Å². The van der Waals surface area contributed by atoms with E-state index < -0.39 is 15.5 Å². The monoisotopic (exact) mass is 433 g/mol. The number of pyridine rings is 1. The summed E-state index contributed by atoms with van der Waals surface area (Å²) in [5.74, 6) is -0.112. The van der Waals surface area contributed by atoms with Crippen LogP contribution in [0, 0.1) is 27.2 Å². The minimum atomic E-state index is -0.668. The fourth-order valence-corrected chi connectivity index (χ4v) is 2.90. The molecule has 0 fully saturated rings. The number of ether oxygens (including phenoxy) is 1. The lowest BCUT2D eigenvalue weighted by atomic mass is 10.2. The van der Waals surface area contributed by atoms with E-state index in [0.29, 0.717) is 17.0 Å². The van der Waals surface area contributed by atoms with Crippen molar-refractivity contribution in [3.63, 3.8) is 0 Å². The molecule has 0 atom stereocenters. The third kappa shape index (κ3) is 4.18. The summed E-state index contributed by atoms with van der Waals surface area (Å²) < 4.78 is 5.78. The largest absolute Gasteiger partial charge is 0.431 e. The van der Waals surface area contributed by atoms with E-state index in [9.17, 15) is 20.2 Å². The number of hydrogen-bond donors (Lipinski definition) is 2. The summed E-state index contributed by atoms with van der Waals surface area (Å²) in [6.07, 6.45) is 1.12. The second kappa shape index (κ2) is 8.47. The lowest BCUT2D eigenvalue weighted by Crippen LogP contribution is -2.13. The Kier molecular flexibility index (Phi) is 5.40. The number of nitrogens with zero attached hydrogens (tertiary/aromatic N) is 5. The van der Waals surface area contributed by atoms with Crippen LogP contribution in [0.1, 0.15) is 5.69 Å². The van der Waals surface area contributed by atoms with Crippen LogP contribution in [0.4, 0.5) is 22.9 Å². The van der Waals surface area contributed by atoms with Crippen molar-refractivity contribution in [2.75, 3.05) is 10.9 Å². The molecule has 2 aromatic carbocycles. The first-order valence-electron chi connectivity index (χ1n) is 9.22. The number of aromatic nitrogens is 3. The molecule has 160 valence electrons. The molecule has 0 saturated heterocycles. The third-order valence-electron chi connectivity index (χ3n) is 4.40. The van der Waals surface area contributed by atoms with E-state index >= 15 is 0 Å². The van der Waals surface area contributed by atoms with Crippen LogP contribution >= 0.6 is 0 Å². The fourth-order valence-electron chi connectivity index (χ4n) is 2.90. The molecule has 0 aliphatic carbocycles. The Morgan fingerprint density at radius 1 is 0.906 bits per heavy atom. The van der Waals surface area contributed by atoms with E-state index in [0.717, 1.165) is 17.4 Å². The molecule has 2 aromatic heterocycles. The second-order valence-corrected chi connectivity index (χ2v) is 6.57. The number of nitrogens with one attached hydrogen (secondary N) is 2. The molecule has 4 aromatic rings. The number of anilines is 2. The number of para-hydroxylation sites is 1. The first-order chi connectivity index (χ1) is 15.4. The molecule has 12 heteroatoms. The van der Waals surface area contributed by atoms with E-state index in [1.54, 1.807) is 12.1 Å². The Hall–Kier alpha value is -4.87. The SMILES string of the molecule is Cc1ccc2cccc(Oc3ncnc(NNc4ccc([N+](=O)[O-])cc4)c3[N+](=O)[O-])c2n1. The van der Waals surface area contributed by atoms with Gasteiger partial charge in [-0.3, -0.25) is 31.1 Å². The van der Waals surface area contributed by atoms with Gasteiger partial charge in [-0.1, -0.05) is 18.2 Å². The number of nitro benzene ring substituents is 1. The summed E-state index contributed by atoms with van der Waals surface area (Å²) >= 11 is 0. The van der Waals surface area contributed by atoms with Gasteiger partial charge >= 0.3 is 11.6 Å². The number of non-ortho nitro benzene ring substituents is 1. The smallest absolute Gasteiger partial charge is 0.374 e. The van der Waals surface area contributed by atoms with Crippen molar-refractivity contribution in [2.24, 2.45) is 0 Å². The average molecular weight is 433 g/mol. The highest BCUT2D eigenvalue weighted by atomic mass is 16.6. The molecule has 4 rings (SSSR count). The van der Waals surface area contributed by atoms with Crippen LogP contribution in [-0.4, -0.2) is 24.8 Å². The third-order valence-corrected chi connectivity index (χ3v) is 4.40. The van der Waals surface area contributed by atoms with E-state index in [-0.39, 0.29) is 17.4 Å². The molecule has 0 saturated carbocycles. The molecule has 0 spiro atoms. The van der Waals surface area contributed by atoms with Gasteiger partial charge in [0, 0.05) is 23.2 Å². The Morgan fingerprint density at radius 2 is 1.69 bits per heavy atom. The van der Waals surface area contributed by atoms with Gasteiger partial charge in [0.25, 0.3) is 5.69 Å². The van der Waals surface area contributed by atoms with Gasteiger partial charge in [0.15, 0.2) is 5.75 Å². The van der Waals surface area contributed by atoms with Crippen LogP contribution < -0.4 is 15.6 Å². The van der Waals surface area contributed by atoms with E-state index in [2.05, 4.69) is 25.8 Å². The quantitative estimate of drug-likeness (QED) is 0.316. The molecule has 0 unspecified atom stereocenters. The van der Waals surface area contributed by atoms with Gasteiger partial charge in [0.1, 0.15) is 11.8 Å². The Labute approximate surface area is 180 Å². The topological polar surface area (TPSA) is 158 Å². The van der Waals surface area contributed by atoms with Crippen molar-refractivity contribution in [3.8, 4) is 11.6 Å². The molecule has 2 N–H and O–H groups in total. The van der Waals surface area contributed by atoms with Gasteiger partial charge in [0.2, 0.25) is 5.82 Å². The number of aryl methyl sites for hydroxylation is 1. The average Bonchev–Trinajstić information content (AvgIpc) is 2.78. The lowest BCUT2D eigenvalue weighted by Gasteiger charge is -2.12. The van der Waals surface area contributed by atoms with E-state index in [1.165, 1.54) is 24.3 Å². The van der Waals surface area contributed by atoms with E-state index in [1.807, 2.05) is 25.1 Å². The summed E-state index contributed by atoms with van der Waals surface area (Å²) in [7, 11) is 0. The summed E-state index contributed by atoms with van der Waals surface area (Å²) in [5.41, 5.74) is 6.50. The summed E-state index contributed by atoms with van der Waals surface area (Å²) in [6, 6.07) is 14.4. The highest BCUT2D eigenvalue weighted by Gasteiger charge is 2.26. The zero-order valence-corrected chi connectivity index (χ0v) is 16.6. The number of fused-ring (bicyclic) bond motifs is 1. The number of rotatable bonds is 7. The highest BCUT2D eigenvalue weighted by Crippen LogP contribution is 2.36. The molecule has 12 nitrogen and oxygen atoms in total. The molecular weight excluding hydrogens is 418 g/mol. The van der Waals surface area contributed by atoms with Crippen molar-refractivity contribution >= 4 is 33.8 Å². The lowest BCUT2D eigenvalue weighted by molar-refractivity contribution is -0.385. The van der Waals surface area contributed by atoms with Crippen LogP contribution in [0.5, 0.6) is 11.6 Å². The first-order valence-corrected chi connectivity index (χ1v) is 9.22. The highest BCUT2D eigenvalue weighted by molar-refractivity contribution is 5.85. The zero-order valence-electron chi connectivity index (χ0n) is 16.6. The van der Waals surface area contributed by atoms with Crippen molar-refractivity contribution in [3.05, 3.63) is 86.8 Å². The van der Waals surface area contributed by atoms with Crippen LogP contribution in [0.25, 0.3) is 10.9 Å². The maximum absolute atomic E-state index is 11.8. The first kappa shape index (κ1) is 20.4. The number of hydrazine groups is 1. The molecule has 2 heterocycles. The van der Waals surface area contributed by atoms with Crippen LogP contribution in [-0.2, 0) is 0 Å². The zero-order chi connectivity index (χ0) is 22.7. The Morgan fingerprint density at radius 3 is 2.41 bits per heavy atom. The van der Waals surface area contributed by atoms with Gasteiger partial charge in [-0.2, -0.15) is 4.98 Å². The van der Waals surface area contributed by atoms with E-state index in [4.69, 9.17) is 4.74 Å². The van der Waals surface area contributed by atoms with Crippen molar-refractivity contribution < 1.29 is 14.6 Å². The molecule has 0 bridgehead atoms. The predicted molar refractivity (Wildman–Crippen MR) is 116 cm³/mol. The molecule has 0 amide bonds. The van der Waals surface area contributed by atoms with Crippen LogP contribution in [0.2, 0.25) is 0 Å². The molecule has 0 aliphatic rings. The standard InChI is InChI=1S/C20H15N7O5/c1-12-5-6-13-3-2-4-16(17(13)23-12)32-20-18(27(30)31)19(21-11-22-20)25-24-14-7-9-15(10-8-14)26(28)29/h2-11,24H,1H3,(H,21,22,25). The van der Waals surface area contributed by atoms with Crippen molar-refractivity contribution in [2.45, 2.75) is 6.92 Å². The van der Waals surface area contributed by atoms with Gasteiger partial charge in [0.05, 0.1) is 15.5 Å². The molecule has 0 radical (unpaired) electrons. The van der Waals surface area contributed by atoms with Gasteiger partial charge in [-0.05, 0) is 31.2 Å². The van der Waals surface area contributed by atoms with Crippen LogP contribution in [0.15, 0.2) is 60.9 Å². The number of nitro groups is 2. The second-order valence-electron chi connectivity index (χ2n) is 6.57. The fraction of sp³-hybridized carbons (Fsp3) is 0.0500. The number of benzene rings is 2. The molecule has 0 aliphatic heterocycles. The van der Waals surface area contributed by atoms with Crippen LogP contribution in [0.3, 0.4) is 0 Å². The van der Waals surface area contributed by atoms with Gasteiger partial charge < -0.3 is 4.74 Å². The maximum atomic E-state index is 11.8. The summed E-state index contributed by atoms with van der Waals surface area (Å²) in [6.45, 7) is 1.83. The summed E-state index contributed by atoms with van der Waals surface area (Å²) in [4.78, 5) is 33.6. The van der Waals surface area contributed by atoms with Gasteiger partial charge in [-0.15, -0.1) is 0 Å². The van der Waals surface area contributed by atoms with Crippen molar-refractivity contribution in [1.29, 1.82) is 0 Å². The number of hydrogen-bond acceptors (Lipinski definition) is 10. The predicted octanol–water partition coefficient (Wildman–Crippen LogP) is 4.38. The Bertz CT molecular complexity index is 1330. The minimum absolute atomic E-state index is 0.0850.